The van der Waals surface area contributed by atoms with Crippen molar-refractivity contribution < 1.29 is 18.5 Å². The highest BCUT2D eigenvalue weighted by molar-refractivity contribution is 7.85. The third-order valence-electron chi connectivity index (χ3n) is 6.24. The van der Waals surface area contributed by atoms with E-state index in [1.54, 1.807) is 56.8 Å². The minimum atomic E-state index is -1.70. The molecule has 0 bridgehead atoms. The van der Waals surface area contributed by atoms with Gasteiger partial charge in [0, 0.05) is 24.4 Å². The standard InChI is InChI=1S/C30H26N6O4S/c1-19-7-10-27(25(12-19)21-14-22(39-2)16-23(15-21)40-3)41(38)28-13-20(8-9-24(28)29-35-33-18-34-36-29)17-32-30(37)26-6-4-5-11-31-26/h4-16,18H,17H2,1-3H3,(H,32,37). The molecular weight excluding hydrogens is 540 g/mol. The van der Waals surface area contributed by atoms with Crippen LogP contribution >= 0.6 is 0 Å². The summed E-state index contributed by atoms with van der Waals surface area (Å²) >= 11 is 0. The zero-order valence-corrected chi connectivity index (χ0v) is 23.4. The normalized spacial score (nSPS) is 11.5. The molecule has 0 spiro atoms. The lowest BCUT2D eigenvalue weighted by atomic mass is 10.0. The molecule has 206 valence electrons. The van der Waals surface area contributed by atoms with E-state index in [9.17, 15) is 9.00 Å². The summed E-state index contributed by atoms with van der Waals surface area (Å²) in [6.45, 7) is 2.17. The summed E-state index contributed by atoms with van der Waals surface area (Å²) in [5, 5.41) is 18.8. The molecule has 1 N–H and O–H groups in total. The van der Waals surface area contributed by atoms with Gasteiger partial charge in [-0.05, 0) is 66.1 Å². The van der Waals surface area contributed by atoms with Crippen LogP contribution in [0.15, 0.2) is 95.1 Å². The number of ether oxygens (including phenoxy) is 2. The van der Waals surface area contributed by atoms with E-state index >= 15 is 0 Å². The summed E-state index contributed by atoms with van der Waals surface area (Å²) in [5.41, 5.74) is 4.08. The Hall–Kier alpha value is -5.03. The van der Waals surface area contributed by atoms with Crippen molar-refractivity contribution in [1.29, 1.82) is 0 Å². The zero-order valence-electron chi connectivity index (χ0n) is 22.6. The number of carbonyl (C=O) groups excluding carboxylic acids is 1. The third-order valence-corrected chi connectivity index (χ3v) is 7.74. The Balaban J connectivity index is 1.58. The molecule has 0 fully saturated rings. The van der Waals surface area contributed by atoms with E-state index in [1.807, 2.05) is 43.3 Å². The lowest BCUT2D eigenvalue weighted by molar-refractivity contribution is 0.0946. The van der Waals surface area contributed by atoms with Gasteiger partial charge in [0.15, 0.2) is 6.33 Å². The van der Waals surface area contributed by atoms with Crippen LogP contribution in [0.1, 0.15) is 21.6 Å². The van der Waals surface area contributed by atoms with Crippen molar-refractivity contribution in [2.24, 2.45) is 0 Å². The number of rotatable bonds is 9. The number of nitrogens with one attached hydrogen (secondary N) is 1. The summed E-state index contributed by atoms with van der Waals surface area (Å²) in [5.74, 6) is 1.14. The average molecular weight is 567 g/mol. The van der Waals surface area contributed by atoms with Gasteiger partial charge in [0.25, 0.3) is 5.91 Å². The maximum atomic E-state index is 14.4. The molecule has 1 amide bonds. The molecule has 3 aromatic carbocycles. The summed E-state index contributed by atoms with van der Waals surface area (Å²) in [6, 6.07) is 21.7. The molecule has 11 heteroatoms. The Bertz CT molecular complexity index is 1700. The van der Waals surface area contributed by atoms with Gasteiger partial charge in [-0.3, -0.25) is 9.78 Å². The van der Waals surface area contributed by atoms with E-state index in [2.05, 4.69) is 30.7 Å². The molecule has 1 unspecified atom stereocenters. The van der Waals surface area contributed by atoms with Gasteiger partial charge in [0.1, 0.15) is 17.2 Å². The molecule has 5 aromatic rings. The average Bonchev–Trinajstić information content (AvgIpc) is 3.03. The van der Waals surface area contributed by atoms with E-state index in [-0.39, 0.29) is 18.3 Å². The van der Waals surface area contributed by atoms with Crippen molar-refractivity contribution in [1.82, 2.24) is 30.7 Å². The molecule has 0 aliphatic heterocycles. The summed E-state index contributed by atoms with van der Waals surface area (Å²) < 4.78 is 25.4. The smallest absolute Gasteiger partial charge is 0.270 e. The second kappa shape index (κ2) is 12.4. The van der Waals surface area contributed by atoms with E-state index in [0.29, 0.717) is 32.5 Å². The Kier molecular flexibility index (Phi) is 8.35. The second-order valence-corrected chi connectivity index (χ2v) is 10.4. The van der Waals surface area contributed by atoms with Gasteiger partial charge in [-0.15, -0.1) is 20.4 Å². The van der Waals surface area contributed by atoms with Gasteiger partial charge in [-0.2, -0.15) is 0 Å². The molecule has 0 saturated carbocycles. The first-order valence-corrected chi connectivity index (χ1v) is 13.7. The molecule has 1 atom stereocenters. The SMILES string of the molecule is COc1cc(OC)cc(-c2cc(C)ccc2S(=O)c2cc(CNC(=O)c3ccccn3)ccc2-c2nncnn2)c1. The Morgan fingerprint density at radius 1 is 0.854 bits per heavy atom. The molecule has 2 heterocycles. The lowest BCUT2D eigenvalue weighted by Crippen LogP contribution is -2.23. The highest BCUT2D eigenvalue weighted by Crippen LogP contribution is 2.37. The minimum absolute atomic E-state index is 0.194. The number of methoxy groups -OCH3 is 2. The highest BCUT2D eigenvalue weighted by atomic mass is 32.2. The van der Waals surface area contributed by atoms with Gasteiger partial charge < -0.3 is 14.8 Å². The molecule has 0 saturated heterocycles. The van der Waals surface area contributed by atoms with Gasteiger partial charge in [0.2, 0.25) is 5.82 Å². The number of benzene rings is 3. The van der Waals surface area contributed by atoms with Gasteiger partial charge in [0.05, 0.1) is 34.8 Å². The fourth-order valence-electron chi connectivity index (χ4n) is 4.21. The number of aromatic nitrogens is 5. The number of nitrogens with zero attached hydrogens (tertiary/aromatic N) is 5. The molecule has 0 radical (unpaired) electrons. The van der Waals surface area contributed by atoms with Crippen molar-refractivity contribution in [3.63, 3.8) is 0 Å². The molecule has 41 heavy (non-hydrogen) atoms. The topological polar surface area (TPSA) is 129 Å². The van der Waals surface area contributed by atoms with Gasteiger partial charge in [-0.25, -0.2) is 4.21 Å². The van der Waals surface area contributed by atoms with E-state index in [0.717, 1.165) is 22.3 Å². The lowest BCUT2D eigenvalue weighted by Gasteiger charge is -2.16. The van der Waals surface area contributed by atoms with Crippen LogP contribution in [0.3, 0.4) is 0 Å². The van der Waals surface area contributed by atoms with Crippen molar-refractivity contribution in [3.8, 4) is 34.0 Å². The Labute approximate surface area is 239 Å². The number of pyridine rings is 1. The molecule has 5 rings (SSSR count). The highest BCUT2D eigenvalue weighted by Gasteiger charge is 2.21. The molecule has 2 aromatic heterocycles. The first-order valence-electron chi connectivity index (χ1n) is 12.6. The van der Waals surface area contributed by atoms with Crippen LogP contribution in [-0.2, 0) is 17.3 Å². The summed E-state index contributed by atoms with van der Waals surface area (Å²) in [7, 11) is 1.47. The third kappa shape index (κ3) is 6.25. The number of hydrogen-bond acceptors (Lipinski definition) is 9. The predicted molar refractivity (Wildman–Crippen MR) is 153 cm³/mol. The quantitative estimate of drug-likeness (QED) is 0.276. The Morgan fingerprint density at radius 3 is 2.29 bits per heavy atom. The predicted octanol–water partition coefficient (Wildman–Crippen LogP) is 4.42. The fourth-order valence-corrected chi connectivity index (χ4v) is 5.63. The van der Waals surface area contributed by atoms with Crippen LogP contribution in [0.25, 0.3) is 22.5 Å². The summed E-state index contributed by atoms with van der Waals surface area (Å²) in [4.78, 5) is 17.7. The van der Waals surface area contributed by atoms with E-state index in [4.69, 9.17) is 9.47 Å². The van der Waals surface area contributed by atoms with Crippen LogP contribution in [0, 0.1) is 6.92 Å². The number of aryl methyl sites for hydroxylation is 1. The maximum absolute atomic E-state index is 14.4. The van der Waals surface area contributed by atoms with Crippen molar-refractivity contribution in [3.05, 3.63) is 102 Å². The monoisotopic (exact) mass is 566 g/mol. The first kappa shape index (κ1) is 27.5. The summed E-state index contributed by atoms with van der Waals surface area (Å²) in [6.07, 6.45) is 2.79. The van der Waals surface area contributed by atoms with Crippen molar-refractivity contribution in [2.45, 2.75) is 23.3 Å². The second-order valence-electron chi connectivity index (χ2n) is 8.97. The van der Waals surface area contributed by atoms with Gasteiger partial charge in [-0.1, -0.05) is 29.8 Å². The zero-order chi connectivity index (χ0) is 28.8. The maximum Gasteiger partial charge on any atom is 0.270 e. The van der Waals surface area contributed by atoms with E-state index < -0.39 is 10.8 Å². The van der Waals surface area contributed by atoms with Crippen LogP contribution in [-0.4, -0.2) is 49.7 Å². The fraction of sp³-hybridized carbons (Fsp3) is 0.133. The molecular formula is C30H26N6O4S. The Morgan fingerprint density at radius 2 is 1.61 bits per heavy atom. The van der Waals surface area contributed by atoms with Crippen LogP contribution in [0.4, 0.5) is 0 Å². The minimum Gasteiger partial charge on any atom is -0.497 e. The molecule has 0 aliphatic rings. The van der Waals surface area contributed by atoms with Crippen molar-refractivity contribution in [2.75, 3.05) is 14.2 Å². The number of amides is 1. The van der Waals surface area contributed by atoms with E-state index in [1.165, 1.54) is 6.33 Å². The van der Waals surface area contributed by atoms with Gasteiger partial charge >= 0.3 is 0 Å². The van der Waals surface area contributed by atoms with Crippen molar-refractivity contribution >= 4 is 16.7 Å². The van der Waals surface area contributed by atoms with Crippen LogP contribution < -0.4 is 14.8 Å². The number of carbonyl (C=O) groups is 1. The van der Waals surface area contributed by atoms with Crippen LogP contribution in [0.2, 0.25) is 0 Å². The largest absolute Gasteiger partial charge is 0.497 e. The van der Waals surface area contributed by atoms with Crippen LogP contribution in [0.5, 0.6) is 11.5 Å². The number of hydrogen-bond donors (Lipinski definition) is 1. The molecule has 0 aliphatic carbocycles. The first-order chi connectivity index (χ1) is 20.0. The molecule has 10 nitrogen and oxygen atoms in total.